The lowest BCUT2D eigenvalue weighted by molar-refractivity contribution is -0.120. The van der Waals surface area contributed by atoms with Gasteiger partial charge >= 0.3 is 0 Å². The maximum atomic E-state index is 12.3. The van der Waals surface area contributed by atoms with Crippen LogP contribution in [0.25, 0.3) is 0 Å². The van der Waals surface area contributed by atoms with Crippen molar-refractivity contribution >= 4 is 17.1 Å². The molecule has 1 aliphatic rings. The Balaban J connectivity index is 1.92. The van der Waals surface area contributed by atoms with Crippen LogP contribution < -0.4 is 5.32 Å². The average molecular weight is 279 g/mol. The molecule has 0 saturated heterocycles. The van der Waals surface area contributed by atoms with Crippen LogP contribution in [0.5, 0.6) is 0 Å². The molecule has 1 N–H and O–H groups in total. The number of carbonyl (C=O) groups excluding carboxylic acids is 1. The van der Waals surface area contributed by atoms with Gasteiger partial charge in [-0.2, -0.15) is 0 Å². The number of carbonyl (C=O) groups is 1. The van der Waals surface area contributed by atoms with E-state index in [4.69, 9.17) is 0 Å². The zero-order chi connectivity index (χ0) is 13.7. The number of aryl methyl sites for hydroxylation is 1. The first-order valence-electron chi connectivity index (χ1n) is 7.46. The Hall–Kier alpha value is -0.670. The number of Topliss-reactive ketones (excluding diaryl/α,β-unsaturated/α-hetero) is 1. The first kappa shape index (κ1) is 14.7. The molecule has 2 nitrogen and oxygen atoms in total. The van der Waals surface area contributed by atoms with Gasteiger partial charge in [-0.05, 0) is 38.4 Å². The van der Waals surface area contributed by atoms with Crippen molar-refractivity contribution < 1.29 is 4.79 Å². The molecule has 0 unspecified atom stereocenters. The summed E-state index contributed by atoms with van der Waals surface area (Å²) >= 11 is 1.79. The van der Waals surface area contributed by atoms with E-state index >= 15 is 0 Å². The van der Waals surface area contributed by atoms with E-state index in [1.54, 1.807) is 11.3 Å². The van der Waals surface area contributed by atoms with Gasteiger partial charge in [0, 0.05) is 28.1 Å². The number of nitrogens with one attached hydrogen (secondary N) is 1. The van der Waals surface area contributed by atoms with Gasteiger partial charge in [0.25, 0.3) is 0 Å². The number of hydrogen-bond donors (Lipinski definition) is 1. The van der Waals surface area contributed by atoms with Crippen molar-refractivity contribution in [3.8, 4) is 0 Å². The number of hydrogen-bond acceptors (Lipinski definition) is 3. The van der Waals surface area contributed by atoms with Crippen LogP contribution in [-0.4, -0.2) is 18.4 Å². The molecule has 106 valence electrons. The third-order valence-corrected chi connectivity index (χ3v) is 5.54. The fourth-order valence-electron chi connectivity index (χ4n) is 3.09. The molecule has 0 aliphatic heterocycles. The SMILES string of the molecule is CCc1ccc(CC(=O)CC2(NC)CCCCC2)s1. The second kappa shape index (κ2) is 6.67. The second-order valence-corrected chi connectivity index (χ2v) is 6.96. The van der Waals surface area contributed by atoms with E-state index in [9.17, 15) is 4.79 Å². The Morgan fingerprint density at radius 3 is 2.53 bits per heavy atom. The summed E-state index contributed by atoms with van der Waals surface area (Å²) < 4.78 is 0. The minimum absolute atomic E-state index is 0.0835. The Kier molecular flexibility index (Phi) is 5.17. The minimum Gasteiger partial charge on any atom is -0.314 e. The third kappa shape index (κ3) is 3.90. The molecule has 0 spiro atoms. The van der Waals surface area contributed by atoms with Crippen molar-refractivity contribution in [3.63, 3.8) is 0 Å². The lowest BCUT2D eigenvalue weighted by Crippen LogP contribution is -2.46. The van der Waals surface area contributed by atoms with Crippen molar-refractivity contribution in [2.75, 3.05) is 7.05 Å². The maximum absolute atomic E-state index is 12.3. The molecule has 1 aromatic rings. The highest BCUT2D eigenvalue weighted by molar-refractivity contribution is 7.12. The predicted molar refractivity (Wildman–Crippen MR) is 81.9 cm³/mol. The molecule has 0 radical (unpaired) electrons. The van der Waals surface area contributed by atoms with Crippen LogP contribution in [0.4, 0.5) is 0 Å². The molecule has 2 rings (SSSR count). The molecule has 1 aliphatic carbocycles. The van der Waals surface area contributed by atoms with E-state index in [1.807, 2.05) is 7.05 Å². The van der Waals surface area contributed by atoms with Crippen LogP contribution in [0, 0.1) is 0 Å². The van der Waals surface area contributed by atoms with Crippen LogP contribution in [0.1, 0.15) is 55.2 Å². The highest BCUT2D eigenvalue weighted by Crippen LogP contribution is 2.31. The standard InChI is InChI=1S/C16H25NOS/c1-3-14-7-8-15(19-14)11-13(18)12-16(17-2)9-5-4-6-10-16/h7-8,17H,3-6,9-12H2,1-2H3. The predicted octanol–water partition coefficient (Wildman–Crippen LogP) is 3.73. The van der Waals surface area contributed by atoms with E-state index < -0.39 is 0 Å². The van der Waals surface area contributed by atoms with Gasteiger partial charge in [-0.1, -0.05) is 26.2 Å². The molecule has 0 aromatic carbocycles. The van der Waals surface area contributed by atoms with Crippen LogP contribution in [0.3, 0.4) is 0 Å². The van der Waals surface area contributed by atoms with Crippen LogP contribution in [0.2, 0.25) is 0 Å². The highest BCUT2D eigenvalue weighted by atomic mass is 32.1. The van der Waals surface area contributed by atoms with E-state index in [0.29, 0.717) is 18.6 Å². The topological polar surface area (TPSA) is 29.1 Å². The quantitative estimate of drug-likeness (QED) is 0.859. The summed E-state index contributed by atoms with van der Waals surface area (Å²) in [6, 6.07) is 4.27. The van der Waals surface area contributed by atoms with Crippen molar-refractivity contribution in [1.29, 1.82) is 0 Å². The Bertz CT molecular complexity index is 418. The normalized spacial score (nSPS) is 18.4. The number of ketones is 1. The summed E-state index contributed by atoms with van der Waals surface area (Å²) in [6.45, 7) is 2.16. The van der Waals surface area contributed by atoms with Gasteiger partial charge < -0.3 is 5.32 Å². The van der Waals surface area contributed by atoms with Gasteiger partial charge in [-0.25, -0.2) is 0 Å². The summed E-state index contributed by atoms with van der Waals surface area (Å²) in [5.74, 6) is 0.390. The molecule has 1 fully saturated rings. The van der Waals surface area contributed by atoms with Gasteiger partial charge in [-0.15, -0.1) is 11.3 Å². The lowest BCUT2D eigenvalue weighted by atomic mass is 9.78. The van der Waals surface area contributed by atoms with Crippen LogP contribution in [-0.2, 0) is 17.6 Å². The summed E-state index contributed by atoms with van der Waals surface area (Å²) in [4.78, 5) is 14.9. The summed E-state index contributed by atoms with van der Waals surface area (Å²) in [5, 5.41) is 3.43. The third-order valence-electron chi connectivity index (χ3n) is 4.31. The average Bonchev–Trinajstić information content (AvgIpc) is 2.87. The first-order chi connectivity index (χ1) is 9.17. The smallest absolute Gasteiger partial charge is 0.139 e. The van der Waals surface area contributed by atoms with Crippen molar-refractivity contribution in [2.24, 2.45) is 0 Å². The largest absolute Gasteiger partial charge is 0.314 e. The van der Waals surface area contributed by atoms with Crippen molar-refractivity contribution in [2.45, 2.75) is 63.8 Å². The van der Waals surface area contributed by atoms with Crippen LogP contribution >= 0.6 is 11.3 Å². The molecule has 1 heterocycles. The highest BCUT2D eigenvalue weighted by Gasteiger charge is 2.32. The Morgan fingerprint density at radius 1 is 1.26 bits per heavy atom. The zero-order valence-corrected chi connectivity index (χ0v) is 12.9. The molecular formula is C16H25NOS. The van der Waals surface area contributed by atoms with Gasteiger partial charge in [0.15, 0.2) is 0 Å². The van der Waals surface area contributed by atoms with Gasteiger partial charge in [-0.3, -0.25) is 4.79 Å². The van der Waals surface area contributed by atoms with E-state index in [2.05, 4.69) is 24.4 Å². The molecule has 1 aromatic heterocycles. The fourth-order valence-corrected chi connectivity index (χ4v) is 4.07. The van der Waals surface area contributed by atoms with Crippen molar-refractivity contribution in [1.82, 2.24) is 5.32 Å². The van der Waals surface area contributed by atoms with E-state index in [0.717, 1.165) is 19.3 Å². The monoisotopic (exact) mass is 279 g/mol. The number of thiophene rings is 1. The second-order valence-electron chi connectivity index (χ2n) is 5.70. The van der Waals surface area contributed by atoms with Gasteiger partial charge in [0.2, 0.25) is 0 Å². The van der Waals surface area contributed by atoms with Crippen LogP contribution in [0.15, 0.2) is 12.1 Å². The molecular weight excluding hydrogens is 254 g/mol. The summed E-state index contributed by atoms with van der Waals surface area (Å²) in [5.41, 5.74) is 0.0835. The molecule has 0 amide bonds. The molecule has 0 bridgehead atoms. The van der Waals surface area contributed by atoms with E-state index in [-0.39, 0.29) is 5.54 Å². The molecule has 1 saturated carbocycles. The minimum atomic E-state index is 0.0835. The van der Waals surface area contributed by atoms with Gasteiger partial charge in [0.1, 0.15) is 5.78 Å². The number of rotatable bonds is 6. The summed E-state index contributed by atoms with van der Waals surface area (Å²) in [7, 11) is 2.01. The van der Waals surface area contributed by atoms with Gasteiger partial charge in [0.05, 0.1) is 0 Å². The van der Waals surface area contributed by atoms with Crippen molar-refractivity contribution in [3.05, 3.63) is 21.9 Å². The molecule has 19 heavy (non-hydrogen) atoms. The maximum Gasteiger partial charge on any atom is 0.139 e. The summed E-state index contributed by atoms with van der Waals surface area (Å²) in [6.07, 6.45) is 8.53. The molecule has 0 atom stereocenters. The first-order valence-corrected chi connectivity index (χ1v) is 8.27. The Labute approximate surface area is 120 Å². The Morgan fingerprint density at radius 2 is 1.95 bits per heavy atom. The zero-order valence-electron chi connectivity index (χ0n) is 12.1. The fraction of sp³-hybridized carbons (Fsp3) is 0.688. The van der Waals surface area contributed by atoms with E-state index in [1.165, 1.54) is 29.0 Å². The lowest BCUT2D eigenvalue weighted by Gasteiger charge is -2.36. The molecule has 3 heteroatoms.